The minimum atomic E-state index is -0.393. The predicted molar refractivity (Wildman–Crippen MR) is 81.2 cm³/mol. The van der Waals surface area contributed by atoms with Gasteiger partial charge in [0.25, 0.3) is 0 Å². The molecule has 1 aliphatic rings. The van der Waals surface area contributed by atoms with Gasteiger partial charge in [-0.1, -0.05) is 17.7 Å². The van der Waals surface area contributed by atoms with E-state index in [9.17, 15) is 5.11 Å². The Morgan fingerprint density at radius 2 is 1.80 bits per heavy atom. The number of hydrogen-bond donors (Lipinski definition) is 2. The van der Waals surface area contributed by atoms with E-state index in [0.29, 0.717) is 12.6 Å². The van der Waals surface area contributed by atoms with Crippen LogP contribution in [0.25, 0.3) is 0 Å². The molecule has 20 heavy (non-hydrogen) atoms. The summed E-state index contributed by atoms with van der Waals surface area (Å²) in [4.78, 5) is 0. The molecule has 3 N–H and O–H groups in total. The molecule has 3 nitrogen and oxygen atoms in total. The number of rotatable bonds is 6. The maximum absolute atomic E-state index is 10.1. The van der Waals surface area contributed by atoms with E-state index >= 15 is 0 Å². The monoisotopic (exact) mass is 278 g/mol. The topological polar surface area (TPSA) is 46.1 Å². The maximum Gasteiger partial charge on any atom is 0.137 e. The van der Waals surface area contributed by atoms with Crippen molar-refractivity contribution < 1.29 is 15.2 Å². The van der Waals surface area contributed by atoms with Gasteiger partial charge >= 0.3 is 0 Å². The van der Waals surface area contributed by atoms with Gasteiger partial charge in [-0.25, -0.2) is 0 Å². The van der Waals surface area contributed by atoms with Gasteiger partial charge in [-0.2, -0.15) is 0 Å². The number of aliphatic hydroxyl groups is 1. The van der Waals surface area contributed by atoms with Gasteiger partial charge in [0, 0.05) is 0 Å². The Balaban J connectivity index is 1.79. The number of benzene rings is 1. The minimum absolute atomic E-state index is 0.383. The highest BCUT2D eigenvalue weighted by Gasteiger charge is 2.19. The molecule has 1 atom stereocenters. The quantitative estimate of drug-likeness (QED) is 0.834. The van der Waals surface area contributed by atoms with Crippen LogP contribution in [0.4, 0.5) is 0 Å². The van der Waals surface area contributed by atoms with Crippen molar-refractivity contribution in [1.29, 1.82) is 0 Å². The first-order chi connectivity index (χ1) is 9.56. The highest BCUT2D eigenvalue weighted by molar-refractivity contribution is 5.42. The van der Waals surface area contributed by atoms with Crippen LogP contribution < -0.4 is 10.1 Å². The summed E-state index contributed by atoms with van der Waals surface area (Å²) in [6.07, 6.45) is 4.88. The maximum atomic E-state index is 10.1. The lowest BCUT2D eigenvalue weighted by Gasteiger charge is -2.17. The summed E-state index contributed by atoms with van der Waals surface area (Å²) in [5.41, 5.74) is 3.55. The molecule has 1 aliphatic carbocycles. The van der Waals surface area contributed by atoms with E-state index in [2.05, 4.69) is 38.2 Å². The van der Waals surface area contributed by atoms with Crippen LogP contribution in [0.2, 0.25) is 0 Å². The van der Waals surface area contributed by atoms with Crippen molar-refractivity contribution in [2.24, 2.45) is 0 Å². The Morgan fingerprint density at radius 1 is 1.20 bits per heavy atom. The molecule has 1 saturated carbocycles. The van der Waals surface area contributed by atoms with Crippen LogP contribution in [0, 0.1) is 20.8 Å². The number of nitrogens with two attached hydrogens (primary N) is 1. The van der Waals surface area contributed by atoms with Crippen molar-refractivity contribution in [3.05, 3.63) is 28.8 Å². The molecule has 1 aromatic carbocycles. The van der Waals surface area contributed by atoms with Gasteiger partial charge in [0.05, 0.1) is 6.04 Å². The molecule has 0 bridgehead atoms. The van der Waals surface area contributed by atoms with Crippen LogP contribution in [0.15, 0.2) is 12.1 Å². The lowest BCUT2D eigenvalue weighted by Crippen LogP contribution is -2.91. The molecule has 0 saturated heterocycles. The first-order valence-corrected chi connectivity index (χ1v) is 7.78. The van der Waals surface area contributed by atoms with E-state index in [1.165, 1.54) is 31.2 Å². The highest BCUT2D eigenvalue weighted by atomic mass is 16.5. The van der Waals surface area contributed by atoms with E-state index in [1.54, 1.807) is 0 Å². The fourth-order valence-electron chi connectivity index (χ4n) is 3.18. The summed E-state index contributed by atoms with van der Waals surface area (Å²) in [5, 5.41) is 12.3. The largest absolute Gasteiger partial charge is 0.490 e. The summed E-state index contributed by atoms with van der Waals surface area (Å²) in [6, 6.07) is 4.96. The molecule has 0 heterocycles. The minimum Gasteiger partial charge on any atom is -0.490 e. The average molecular weight is 278 g/mol. The van der Waals surface area contributed by atoms with E-state index in [1.807, 2.05) is 0 Å². The molecule has 3 heteroatoms. The Hall–Kier alpha value is -1.06. The van der Waals surface area contributed by atoms with Crippen LogP contribution in [-0.2, 0) is 0 Å². The van der Waals surface area contributed by atoms with Crippen LogP contribution in [0.3, 0.4) is 0 Å². The second-order valence-corrected chi connectivity index (χ2v) is 6.21. The number of aliphatic hydroxyl groups excluding tert-OH is 1. The summed E-state index contributed by atoms with van der Waals surface area (Å²) < 4.78 is 5.83. The van der Waals surface area contributed by atoms with Crippen molar-refractivity contribution in [3.8, 4) is 5.75 Å². The summed E-state index contributed by atoms with van der Waals surface area (Å²) in [5.74, 6) is 0.926. The normalized spacial score (nSPS) is 17.4. The van der Waals surface area contributed by atoms with Gasteiger partial charge in [-0.3, -0.25) is 0 Å². The summed E-state index contributed by atoms with van der Waals surface area (Å²) in [6.45, 7) is 7.34. The zero-order valence-corrected chi connectivity index (χ0v) is 13.0. The molecule has 0 amide bonds. The van der Waals surface area contributed by atoms with Crippen LogP contribution in [0.1, 0.15) is 42.4 Å². The predicted octanol–water partition coefficient (Wildman–Crippen LogP) is 1.86. The molecular formula is C17H28NO2+. The van der Waals surface area contributed by atoms with Crippen LogP contribution in [0.5, 0.6) is 5.75 Å². The van der Waals surface area contributed by atoms with Crippen molar-refractivity contribution in [2.45, 2.75) is 58.6 Å². The number of aryl methyl sites for hydroxylation is 3. The zero-order valence-electron chi connectivity index (χ0n) is 13.0. The first-order valence-electron chi connectivity index (χ1n) is 7.78. The van der Waals surface area contributed by atoms with E-state index in [0.717, 1.165) is 23.4 Å². The number of quaternary nitrogens is 1. The molecule has 1 aromatic rings. The Kier molecular flexibility index (Phi) is 5.44. The number of hydrogen-bond acceptors (Lipinski definition) is 2. The SMILES string of the molecule is Cc1cc(C)c(OC[C@@H](O)C[NH2+]C2CCCC2)c(C)c1. The molecule has 2 rings (SSSR count). The van der Waals surface area contributed by atoms with E-state index < -0.39 is 6.10 Å². The van der Waals surface area contributed by atoms with Crippen molar-refractivity contribution in [2.75, 3.05) is 13.2 Å². The molecule has 1 fully saturated rings. The van der Waals surface area contributed by atoms with Crippen molar-refractivity contribution in [1.82, 2.24) is 0 Å². The second-order valence-electron chi connectivity index (χ2n) is 6.21. The van der Waals surface area contributed by atoms with Crippen LogP contribution >= 0.6 is 0 Å². The lowest BCUT2D eigenvalue weighted by atomic mass is 10.1. The van der Waals surface area contributed by atoms with E-state index in [-0.39, 0.29) is 0 Å². The third-order valence-corrected chi connectivity index (χ3v) is 4.17. The standard InChI is InChI=1S/C17H27NO2/c1-12-8-13(2)17(14(3)9-12)20-11-16(19)10-18-15-6-4-5-7-15/h8-9,15-16,18-19H,4-7,10-11H2,1-3H3/p+1/t16-/m0/s1. The Labute approximate surface area is 122 Å². The van der Waals surface area contributed by atoms with E-state index in [4.69, 9.17) is 4.74 Å². The first kappa shape index (κ1) is 15.3. The third-order valence-electron chi connectivity index (χ3n) is 4.17. The van der Waals surface area contributed by atoms with Gasteiger partial charge in [0.2, 0.25) is 0 Å². The Bertz CT molecular complexity index is 416. The zero-order chi connectivity index (χ0) is 14.5. The molecule has 0 spiro atoms. The highest BCUT2D eigenvalue weighted by Crippen LogP contribution is 2.24. The lowest BCUT2D eigenvalue weighted by molar-refractivity contribution is -0.693. The number of ether oxygens (including phenoxy) is 1. The fourth-order valence-corrected chi connectivity index (χ4v) is 3.18. The molecule has 0 unspecified atom stereocenters. The van der Waals surface area contributed by atoms with Gasteiger partial charge in [0.15, 0.2) is 0 Å². The summed E-state index contributed by atoms with van der Waals surface area (Å²) >= 11 is 0. The Morgan fingerprint density at radius 3 is 2.40 bits per heavy atom. The average Bonchev–Trinajstić information content (AvgIpc) is 2.88. The smallest absolute Gasteiger partial charge is 0.137 e. The van der Waals surface area contributed by atoms with Crippen molar-refractivity contribution >= 4 is 0 Å². The van der Waals surface area contributed by atoms with Crippen molar-refractivity contribution in [3.63, 3.8) is 0 Å². The molecule has 0 radical (unpaired) electrons. The molecular weight excluding hydrogens is 250 g/mol. The third kappa shape index (κ3) is 4.22. The molecule has 112 valence electrons. The van der Waals surface area contributed by atoms with Gasteiger partial charge in [-0.15, -0.1) is 0 Å². The fraction of sp³-hybridized carbons (Fsp3) is 0.647. The second kappa shape index (κ2) is 7.09. The van der Waals surface area contributed by atoms with Crippen LogP contribution in [-0.4, -0.2) is 30.4 Å². The molecule has 0 aliphatic heterocycles. The summed E-state index contributed by atoms with van der Waals surface area (Å²) in [7, 11) is 0. The van der Waals surface area contributed by atoms with Gasteiger partial charge < -0.3 is 15.2 Å². The van der Waals surface area contributed by atoms with Gasteiger partial charge in [0.1, 0.15) is 25.0 Å². The molecule has 0 aromatic heterocycles. The van der Waals surface area contributed by atoms with Gasteiger partial charge in [-0.05, 0) is 57.6 Å².